The number of halogens is 2. The first-order valence-corrected chi connectivity index (χ1v) is 11.0. The lowest BCUT2D eigenvalue weighted by Gasteiger charge is -2.14. The van der Waals surface area contributed by atoms with Crippen molar-refractivity contribution >= 4 is 33.2 Å². The molecule has 1 N–H and O–H groups in total. The second-order valence-electron chi connectivity index (χ2n) is 6.63. The van der Waals surface area contributed by atoms with Gasteiger partial charge in [-0.2, -0.15) is 0 Å². The van der Waals surface area contributed by atoms with Gasteiger partial charge in [-0.15, -0.1) is 0 Å². The molecule has 4 nitrogen and oxygen atoms in total. The molecule has 1 heterocycles. The van der Waals surface area contributed by atoms with E-state index in [1.807, 2.05) is 12.1 Å². The number of nitrogens with zero attached hydrogens (tertiary/aromatic N) is 1. The molecule has 0 bridgehead atoms. The average Bonchev–Trinajstić information content (AvgIpc) is 3.10. The van der Waals surface area contributed by atoms with Gasteiger partial charge in [0.25, 0.3) is 0 Å². The molecule has 1 aliphatic rings. The van der Waals surface area contributed by atoms with Crippen molar-refractivity contribution in [1.29, 1.82) is 0 Å². The fraction of sp³-hybridized carbons (Fsp3) is 0.368. The summed E-state index contributed by atoms with van der Waals surface area (Å²) in [7, 11) is -3.45. The number of nitrogens with one attached hydrogen (secondary N) is 1. The van der Waals surface area contributed by atoms with E-state index in [1.54, 1.807) is 18.2 Å². The van der Waals surface area contributed by atoms with Gasteiger partial charge in [0.05, 0.1) is 15.8 Å². The second-order valence-corrected chi connectivity index (χ2v) is 9.25. The normalized spacial score (nSPS) is 15.5. The molecule has 0 atom stereocenters. The molecule has 1 fully saturated rings. The van der Waals surface area contributed by atoms with Gasteiger partial charge in [0.1, 0.15) is 0 Å². The molecule has 0 spiro atoms. The van der Waals surface area contributed by atoms with Crippen LogP contribution in [0.1, 0.15) is 29.5 Å². The first-order valence-electron chi connectivity index (χ1n) is 8.63. The molecule has 140 valence electrons. The maximum Gasteiger partial charge on any atom is 0.216 e. The van der Waals surface area contributed by atoms with Crippen LogP contribution >= 0.6 is 23.2 Å². The molecule has 1 aliphatic heterocycles. The Morgan fingerprint density at radius 3 is 2.15 bits per heavy atom. The Kier molecular flexibility index (Phi) is 6.59. The molecule has 0 saturated carbocycles. The van der Waals surface area contributed by atoms with Crippen LogP contribution in [0.25, 0.3) is 0 Å². The summed E-state index contributed by atoms with van der Waals surface area (Å²) >= 11 is 11.8. The first kappa shape index (κ1) is 19.6. The Morgan fingerprint density at radius 1 is 0.885 bits per heavy atom. The smallest absolute Gasteiger partial charge is 0.216 e. The minimum atomic E-state index is -3.45. The molecular formula is C19H22Cl2N2O2S. The number of hydrogen-bond donors (Lipinski definition) is 1. The van der Waals surface area contributed by atoms with Crippen molar-refractivity contribution < 1.29 is 8.42 Å². The Labute approximate surface area is 165 Å². The van der Waals surface area contributed by atoms with Gasteiger partial charge in [-0.1, -0.05) is 53.5 Å². The second kappa shape index (κ2) is 8.72. The van der Waals surface area contributed by atoms with Crippen LogP contribution in [0, 0.1) is 0 Å². The minimum Gasteiger partial charge on any atom is -0.299 e. The zero-order chi connectivity index (χ0) is 18.6. The third-order valence-electron chi connectivity index (χ3n) is 4.46. The predicted octanol–water partition coefficient (Wildman–Crippen LogP) is 4.21. The molecule has 7 heteroatoms. The topological polar surface area (TPSA) is 49.4 Å². The molecule has 0 unspecified atom stereocenters. The summed E-state index contributed by atoms with van der Waals surface area (Å²) in [4.78, 5) is 2.44. The van der Waals surface area contributed by atoms with Gasteiger partial charge in [0.2, 0.25) is 10.0 Å². The third kappa shape index (κ3) is 5.69. The van der Waals surface area contributed by atoms with E-state index >= 15 is 0 Å². The average molecular weight is 413 g/mol. The van der Waals surface area contributed by atoms with E-state index < -0.39 is 10.0 Å². The summed E-state index contributed by atoms with van der Waals surface area (Å²) in [5, 5.41) is 0.766. The van der Waals surface area contributed by atoms with E-state index in [9.17, 15) is 8.42 Å². The van der Waals surface area contributed by atoms with Crippen LogP contribution in [0.3, 0.4) is 0 Å². The molecule has 26 heavy (non-hydrogen) atoms. The zero-order valence-electron chi connectivity index (χ0n) is 14.4. The van der Waals surface area contributed by atoms with E-state index in [4.69, 9.17) is 23.2 Å². The summed E-state index contributed by atoms with van der Waals surface area (Å²) < 4.78 is 27.2. The highest BCUT2D eigenvalue weighted by Crippen LogP contribution is 2.23. The largest absolute Gasteiger partial charge is 0.299 e. The van der Waals surface area contributed by atoms with Crippen molar-refractivity contribution in [3.8, 4) is 0 Å². The van der Waals surface area contributed by atoms with Crippen molar-refractivity contribution in [2.75, 3.05) is 13.1 Å². The third-order valence-corrected chi connectivity index (χ3v) is 6.50. The summed E-state index contributed by atoms with van der Waals surface area (Å²) in [5.41, 5.74) is 2.80. The van der Waals surface area contributed by atoms with Gasteiger partial charge in [0, 0.05) is 13.1 Å². The molecule has 3 rings (SSSR count). The van der Waals surface area contributed by atoms with Crippen LogP contribution in [-0.2, 0) is 28.9 Å². The van der Waals surface area contributed by atoms with Crippen LogP contribution in [0.4, 0.5) is 0 Å². The summed E-state index contributed by atoms with van der Waals surface area (Å²) in [6.45, 7) is 3.56. The van der Waals surface area contributed by atoms with Crippen LogP contribution in [-0.4, -0.2) is 26.4 Å². The number of benzene rings is 2. The monoisotopic (exact) mass is 412 g/mol. The molecule has 0 aliphatic carbocycles. The Balaban J connectivity index is 1.54. The van der Waals surface area contributed by atoms with E-state index in [1.165, 1.54) is 18.4 Å². The zero-order valence-corrected chi connectivity index (χ0v) is 16.7. The van der Waals surface area contributed by atoms with Crippen molar-refractivity contribution in [1.82, 2.24) is 9.62 Å². The SMILES string of the molecule is O=S(=O)(Cc1ccc(Cl)c(Cl)c1)NCc1ccc(CN2CCCC2)cc1. The Morgan fingerprint density at radius 2 is 1.50 bits per heavy atom. The maximum atomic E-state index is 12.3. The lowest BCUT2D eigenvalue weighted by Crippen LogP contribution is -2.24. The fourth-order valence-electron chi connectivity index (χ4n) is 3.05. The number of sulfonamides is 1. The minimum absolute atomic E-state index is 0.128. The highest BCUT2D eigenvalue weighted by Gasteiger charge is 2.13. The molecule has 1 saturated heterocycles. The van der Waals surface area contributed by atoms with E-state index in [0.717, 1.165) is 25.2 Å². The Hall–Kier alpha value is -1.11. The number of rotatable bonds is 7. The van der Waals surface area contributed by atoms with Crippen LogP contribution < -0.4 is 4.72 Å². The van der Waals surface area contributed by atoms with Gasteiger partial charge in [0.15, 0.2) is 0 Å². The van der Waals surface area contributed by atoms with Crippen molar-refractivity contribution in [2.24, 2.45) is 0 Å². The van der Waals surface area contributed by atoms with Crippen molar-refractivity contribution in [3.05, 3.63) is 69.2 Å². The van der Waals surface area contributed by atoms with E-state index in [2.05, 4.69) is 21.8 Å². The number of hydrogen-bond acceptors (Lipinski definition) is 3. The molecule has 2 aromatic carbocycles. The summed E-state index contributed by atoms with van der Waals surface area (Å²) in [6, 6.07) is 13.0. The lowest BCUT2D eigenvalue weighted by molar-refractivity contribution is 0.331. The van der Waals surface area contributed by atoms with Crippen LogP contribution in [0.15, 0.2) is 42.5 Å². The van der Waals surface area contributed by atoms with Gasteiger partial charge in [-0.05, 0) is 54.8 Å². The summed E-state index contributed by atoms with van der Waals surface area (Å²) in [5.74, 6) is -0.128. The molecule has 2 aromatic rings. The van der Waals surface area contributed by atoms with Gasteiger partial charge < -0.3 is 0 Å². The van der Waals surface area contributed by atoms with Crippen molar-refractivity contribution in [2.45, 2.75) is 31.7 Å². The fourth-order valence-corrected chi connectivity index (χ4v) is 4.48. The highest BCUT2D eigenvalue weighted by atomic mass is 35.5. The quantitative estimate of drug-likeness (QED) is 0.740. The lowest BCUT2D eigenvalue weighted by atomic mass is 10.1. The molecule has 0 radical (unpaired) electrons. The molecular weight excluding hydrogens is 391 g/mol. The van der Waals surface area contributed by atoms with Gasteiger partial charge in [-0.25, -0.2) is 13.1 Å². The first-order chi connectivity index (χ1) is 12.4. The van der Waals surface area contributed by atoms with Crippen LogP contribution in [0.2, 0.25) is 10.0 Å². The van der Waals surface area contributed by atoms with Gasteiger partial charge in [-0.3, -0.25) is 4.90 Å². The maximum absolute atomic E-state index is 12.3. The molecule has 0 aromatic heterocycles. The van der Waals surface area contributed by atoms with Gasteiger partial charge >= 0.3 is 0 Å². The Bertz CT molecular complexity index is 848. The van der Waals surface area contributed by atoms with Crippen molar-refractivity contribution in [3.63, 3.8) is 0 Å². The number of likely N-dealkylation sites (tertiary alicyclic amines) is 1. The van der Waals surface area contributed by atoms with E-state index in [-0.39, 0.29) is 12.3 Å². The summed E-state index contributed by atoms with van der Waals surface area (Å²) in [6.07, 6.45) is 2.55. The van der Waals surface area contributed by atoms with Crippen LogP contribution in [0.5, 0.6) is 0 Å². The predicted molar refractivity (Wildman–Crippen MR) is 107 cm³/mol. The molecule has 0 amide bonds. The standard InChI is InChI=1S/C19H22Cl2N2O2S/c20-18-8-7-17(11-19(18)21)14-26(24,25)22-12-15-3-5-16(6-4-15)13-23-9-1-2-10-23/h3-8,11,22H,1-2,9-10,12-14H2. The highest BCUT2D eigenvalue weighted by molar-refractivity contribution is 7.88. The van der Waals surface area contributed by atoms with E-state index in [0.29, 0.717) is 15.6 Å².